The van der Waals surface area contributed by atoms with Crippen LogP contribution in [0.3, 0.4) is 0 Å². The SMILES string of the molecule is CC(Nc1ccc(OCC(F)(F)F)cc1)c1ccoc1. The van der Waals surface area contributed by atoms with Crippen molar-refractivity contribution in [1.29, 1.82) is 0 Å². The first-order chi connectivity index (χ1) is 9.44. The summed E-state index contributed by atoms with van der Waals surface area (Å²) in [4.78, 5) is 0. The number of rotatable bonds is 5. The standard InChI is InChI=1S/C14H14F3NO2/c1-10(11-6-7-19-8-11)18-12-2-4-13(5-3-12)20-9-14(15,16)17/h2-8,10,18H,9H2,1H3. The van der Waals surface area contributed by atoms with Crippen LogP contribution in [0.4, 0.5) is 18.9 Å². The summed E-state index contributed by atoms with van der Waals surface area (Å²) in [6.07, 6.45) is -1.10. The molecule has 0 aliphatic carbocycles. The van der Waals surface area contributed by atoms with Crippen LogP contribution in [0, 0.1) is 0 Å². The second kappa shape index (κ2) is 5.90. The van der Waals surface area contributed by atoms with Crippen LogP contribution in [-0.2, 0) is 0 Å². The van der Waals surface area contributed by atoms with Crippen LogP contribution >= 0.6 is 0 Å². The van der Waals surface area contributed by atoms with Gasteiger partial charge in [-0.3, -0.25) is 0 Å². The molecule has 0 fully saturated rings. The van der Waals surface area contributed by atoms with E-state index >= 15 is 0 Å². The van der Waals surface area contributed by atoms with Gasteiger partial charge in [-0.1, -0.05) is 0 Å². The highest BCUT2D eigenvalue weighted by Crippen LogP contribution is 2.23. The molecule has 1 unspecified atom stereocenters. The van der Waals surface area contributed by atoms with Gasteiger partial charge in [-0.05, 0) is 37.3 Å². The van der Waals surface area contributed by atoms with E-state index in [4.69, 9.17) is 4.42 Å². The number of ether oxygens (including phenoxy) is 1. The van der Waals surface area contributed by atoms with Crippen molar-refractivity contribution in [2.45, 2.75) is 19.1 Å². The van der Waals surface area contributed by atoms with Gasteiger partial charge in [0.25, 0.3) is 0 Å². The van der Waals surface area contributed by atoms with E-state index in [0.717, 1.165) is 11.3 Å². The van der Waals surface area contributed by atoms with Gasteiger partial charge in [0.15, 0.2) is 6.61 Å². The van der Waals surface area contributed by atoms with Gasteiger partial charge in [0, 0.05) is 11.3 Å². The summed E-state index contributed by atoms with van der Waals surface area (Å²) in [6.45, 7) is 0.671. The molecule has 1 N–H and O–H groups in total. The minimum Gasteiger partial charge on any atom is -0.484 e. The first-order valence-electron chi connectivity index (χ1n) is 6.02. The molecular weight excluding hydrogens is 271 g/mol. The molecule has 0 aliphatic heterocycles. The molecule has 1 heterocycles. The molecule has 2 rings (SSSR count). The molecule has 1 aromatic heterocycles. The maximum Gasteiger partial charge on any atom is 0.422 e. The van der Waals surface area contributed by atoms with Crippen molar-refractivity contribution in [3.05, 3.63) is 48.4 Å². The Kier molecular flexibility index (Phi) is 4.22. The van der Waals surface area contributed by atoms with E-state index in [-0.39, 0.29) is 11.8 Å². The maximum absolute atomic E-state index is 12.0. The molecule has 2 aromatic rings. The lowest BCUT2D eigenvalue weighted by atomic mass is 10.1. The van der Waals surface area contributed by atoms with Crippen molar-refractivity contribution in [2.75, 3.05) is 11.9 Å². The van der Waals surface area contributed by atoms with Gasteiger partial charge < -0.3 is 14.5 Å². The molecule has 6 heteroatoms. The molecule has 0 saturated heterocycles. The van der Waals surface area contributed by atoms with Gasteiger partial charge in [-0.25, -0.2) is 0 Å². The van der Waals surface area contributed by atoms with Crippen LogP contribution in [-0.4, -0.2) is 12.8 Å². The lowest BCUT2D eigenvalue weighted by molar-refractivity contribution is -0.153. The quantitative estimate of drug-likeness (QED) is 0.884. The van der Waals surface area contributed by atoms with Crippen LogP contribution in [0.2, 0.25) is 0 Å². The van der Waals surface area contributed by atoms with Gasteiger partial charge in [-0.15, -0.1) is 0 Å². The molecule has 0 spiro atoms. The molecular formula is C14H14F3NO2. The summed E-state index contributed by atoms with van der Waals surface area (Å²) in [6, 6.07) is 8.21. The fraction of sp³-hybridized carbons (Fsp3) is 0.286. The van der Waals surface area contributed by atoms with E-state index < -0.39 is 12.8 Å². The Balaban J connectivity index is 1.91. The van der Waals surface area contributed by atoms with Crippen LogP contribution in [0.25, 0.3) is 0 Å². The van der Waals surface area contributed by atoms with Crippen molar-refractivity contribution in [3.8, 4) is 5.75 Å². The zero-order valence-electron chi connectivity index (χ0n) is 10.8. The summed E-state index contributed by atoms with van der Waals surface area (Å²) in [5, 5.41) is 3.21. The molecule has 0 aliphatic rings. The molecule has 3 nitrogen and oxygen atoms in total. The Morgan fingerprint density at radius 2 is 1.90 bits per heavy atom. The Morgan fingerprint density at radius 3 is 2.45 bits per heavy atom. The van der Waals surface area contributed by atoms with Crippen molar-refractivity contribution >= 4 is 5.69 Å². The average molecular weight is 285 g/mol. The van der Waals surface area contributed by atoms with Gasteiger partial charge in [0.2, 0.25) is 0 Å². The van der Waals surface area contributed by atoms with E-state index in [1.54, 1.807) is 24.7 Å². The highest BCUT2D eigenvalue weighted by Gasteiger charge is 2.28. The summed E-state index contributed by atoms with van der Waals surface area (Å²) in [5.74, 6) is 0.184. The topological polar surface area (TPSA) is 34.4 Å². The lowest BCUT2D eigenvalue weighted by Gasteiger charge is -2.14. The minimum absolute atomic E-state index is 0.0377. The zero-order chi connectivity index (χ0) is 14.6. The van der Waals surface area contributed by atoms with Crippen molar-refractivity contribution in [2.24, 2.45) is 0 Å². The van der Waals surface area contributed by atoms with Crippen molar-refractivity contribution in [1.82, 2.24) is 0 Å². The second-order valence-electron chi connectivity index (χ2n) is 4.35. The van der Waals surface area contributed by atoms with Crippen molar-refractivity contribution < 1.29 is 22.3 Å². The number of halogens is 3. The van der Waals surface area contributed by atoms with Gasteiger partial charge >= 0.3 is 6.18 Å². The fourth-order valence-electron chi connectivity index (χ4n) is 1.67. The molecule has 0 saturated carbocycles. The first-order valence-corrected chi connectivity index (χ1v) is 6.02. The Labute approximate surface area is 114 Å². The monoisotopic (exact) mass is 285 g/mol. The predicted molar refractivity (Wildman–Crippen MR) is 68.7 cm³/mol. The smallest absolute Gasteiger partial charge is 0.422 e. The third-order valence-electron chi connectivity index (χ3n) is 2.68. The first kappa shape index (κ1) is 14.3. The zero-order valence-corrected chi connectivity index (χ0v) is 10.8. The molecule has 20 heavy (non-hydrogen) atoms. The van der Waals surface area contributed by atoms with E-state index in [0.29, 0.717) is 0 Å². The number of nitrogens with one attached hydrogen (secondary N) is 1. The maximum atomic E-state index is 12.0. The lowest BCUT2D eigenvalue weighted by Crippen LogP contribution is -2.19. The van der Waals surface area contributed by atoms with E-state index in [9.17, 15) is 13.2 Å². The van der Waals surface area contributed by atoms with Crippen LogP contribution in [0.5, 0.6) is 5.75 Å². The van der Waals surface area contributed by atoms with E-state index in [1.807, 2.05) is 13.0 Å². The normalized spacial score (nSPS) is 13.0. The summed E-state index contributed by atoms with van der Waals surface area (Å²) >= 11 is 0. The Hall–Kier alpha value is -2.11. The third kappa shape index (κ3) is 4.22. The molecule has 1 atom stereocenters. The molecule has 0 bridgehead atoms. The predicted octanol–water partition coefficient (Wildman–Crippen LogP) is 4.39. The number of anilines is 1. The number of benzene rings is 1. The van der Waals surface area contributed by atoms with Gasteiger partial charge in [0.1, 0.15) is 5.75 Å². The van der Waals surface area contributed by atoms with Gasteiger partial charge in [0.05, 0.1) is 18.6 Å². The number of furan rings is 1. The van der Waals surface area contributed by atoms with Crippen molar-refractivity contribution in [3.63, 3.8) is 0 Å². The van der Waals surface area contributed by atoms with Gasteiger partial charge in [-0.2, -0.15) is 13.2 Å². The molecule has 0 radical (unpaired) electrons. The van der Waals surface area contributed by atoms with E-state index in [1.165, 1.54) is 12.1 Å². The highest BCUT2D eigenvalue weighted by molar-refractivity contribution is 5.47. The highest BCUT2D eigenvalue weighted by atomic mass is 19.4. The summed E-state index contributed by atoms with van der Waals surface area (Å²) in [5.41, 5.74) is 1.78. The van der Waals surface area contributed by atoms with E-state index in [2.05, 4.69) is 10.1 Å². The molecule has 0 amide bonds. The van der Waals surface area contributed by atoms with Crippen LogP contribution in [0.1, 0.15) is 18.5 Å². The molecule has 1 aromatic carbocycles. The number of hydrogen-bond acceptors (Lipinski definition) is 3. The third-order valence-corrected chi connectivity index (χ3v) is 2.68. The second-order valence-corrected chi connectivity index (χ2v) is 4.35. The molecule has 108 valence electrons. The summed E-state index contributed by atoms with van der Waals surface area (Å²) in [7, 11) is 0. The number of hydrogen-bond donors (Lipinski definition) is 1. The number of alkyl halides is 3. The fourth-order valence-corrected chi connectivity index (χ4v) is 1.67. The largest absolute Gasteiger partial charge is 0.484 e. The Bertz CT molecular complexity index is 520. The van der Waals surface area contributed by atoms with Crippen LogP contribution in [0.15, 0.2) is 47.3 Å². The average Bonchev–Trinajstić information content (AvgIpc) is 2.91. The Morgan fingerprint density at radius 1 is 1.20 bits per heavy atom. The van der Waals surface area contributed by atoms with Crippen LogP contribution < -0.4 is 10.1 Å². The summed E-state index contributed by atoms with van der Waals surface area (Å²) < 4.78 is 45.6. The minimum atomic E-state index is -4.33.